The Morgan fingerprint density at radius 1 is 1.10 bits per heavy atom. The smallest absolute Gasteiger partial charge is 0.294 e. The second-order valence-corrected chi connectivity index (χ2v) is 12.0. The molecule has 9 heteroatoms. The van der Waals surface area contributed by atoms with E-state index in [1.807, 2.05) is 18.7 Å². The minimum Gasteiger partial charge on any atom is -0.366 e. The third-order valence-corrected chi connectivity index (χ3v) is 7.84. The van der Waals surface area contributed by atoms with Crippen molar-refractivity contribution in [3.63, 3.8) is 0 Å². The predicted octanol–water partition coefficient (Wildman–Crippen LogP) is 4.28. The van der Waals surface area contributed by atoms with E-state index in [2.05, 4.69) is 13.8 Å². The van der Waals surface area contributed by atoms with Crippen LogP contribution in [0.1, 0.15) is 71.8 Å². The molecule has 2 atom stereocenters. The van der Waals surface area contributed by atoms with E-state index in [9.17, 15) is 25.9 Å². The van der Waals surface area contributed by atoms with Crippen molar-refractivity contribution >= 4 is 25.9 Å². The summed E-state index contributed by atoms with van der Waals surface area (Å²) in [4.78, 5) is 1.80. The molecule has 0 bridgehead atoms. The first-order valence-electron chi connectivity index (χ1n) is 10.6. The van der Waals surface area contributed by atoms with Gasteiger partial charge in [0.25, 0.3) is 20.2 Å². The molecular weight excluding hydrogens is 426 g/mol. The van der Waals surface area contributed by atoms with Gasteiger partial charge in [-0.2, -0.15) is 16.8 Å². The van der Waals surface area contributed by atoms with E-state index in [0.717, 1.165) is 30.5 Å². The summed E-state index contributed by atoms with van der Waals surface area (Å²) in [6, 6.07) is 4.40. The van der Waals surface area contributed by atoms with Gasteiger partial charge in [0, 0.05) is 23.7 Å². The molecule has 0 aliphatic carbocycles. The third kappa shape index (κ3) is 6.18. The lowest BCUT2D eigenvalue weighted by Gasteiger charge is -2.35. The molecule has 0 fully saturated rings. The van der Waals surface area contributed by atoms with Gasteiger partial charge in [0.2, 0.25) is 0 Å². The fraction of sp³-hybridized carbons (Fsp3) is 0.714. The second kappa shape index (κ2) is 9.54. The van der Waals surface area contributed by atoms with Crippen LogP contribution in [0.2, 0.25) is 0 Å². The predicted molar refractivity (Wildman–Crippen MR) is 119 cm³/mol. The first-order valence-corrected chi connectivity index (χ1v) is 13.7. The molecule has 0 aromatic heterocycles. The maximum Gasteiger partial charge on any atom is 0.294 e. The van der Waals surface area contributed by atoms with E-state index in [4.69, 9.17) is 0 Å². The van der Waals surface area contributed by atoms with Gasteiger partial charge in [-0.15, -0.1) is 0 Å². The summed E-state index contributed by atoms with van der Waals surface area (Å²) in [6.45, 7) is 8.57. The monoisotopic (exact) mass is 461 g/mol. The largest absolute Gasteiger partial charge is 0.366 e. The number of fused-ring (bicyclic) bond motifs is 1. The number of benzene rings is 1. The molecule has 30 heavy (non-hydrogen) atoms. The Labute approximate surface area is 181 Å². The van der Waals surface area contributed by atoms with E-state index in [1.165, 1.54) is 31.4 Å². The lowest BCUT2D eigenvalue weighted by molar-refractivity contribution is 0.363. The minimum absolute atomic E-state index is 0.0377. The normalized spacial score (nSPS) is 19.7. The van der Waals surface area contributed by atoms with Gasteiger partial charge in [0.15, 0.2) is 0 Å². The molecule has 0 saturated carbocycles. The van der Waals surface area contributed by atoms with Crippen molar-refractivity contribution in [1.82, 2.24) is 0 Å². The molecule has 1 aliphatic rings. The second-order valence-electron chi connectivity index (χ2n) is 9.05. The molecule has 7 nitrogen and oxygen atoms in total. The quantitative estimate of drug-likeness (QED) is 0.473. The molecule has 1 aliphatic heterocycles. The van der Waals surface area contributed by atoms with Gasteiger partial charge in [-0.3, -0.25) is 9.11 Å². The maximum absolute atomic E-state index is 11.6. The van der Waals surface area contributed by atoms with Crippen molar-refractivity contribution in [3.05, 3.63) is 23.8 Å². The van der Waals surface area contributed by atoms with Crippen molar-refractivity contribution in [2.75, 3.05) is 17.2 Å². The molecule has 172 valence electrons. The highest BCUT2D eigenvalue weighted by molar-refractivity contribution is 7.86. The van der Waals surface area contributed by atoms with Crippen LogP contribution in [0.15, 0.2) is 23.1 Å². The molecule has 2 rings (SSSR count). The number of hydrogen-bond donors (Lipinski definition) is 2. The van der Waals surface area contributed by atoms with Crippen LogP contribution in [-0.4, -0.2) is 44.3 Å². The zero-order valence-electron chi connectivity index (χ0n) is 18.3. The van der Waals surface area contributed by atoms with Crippen LogP contribution in [0.4, 0.5) is 5.69 Å². The van der Waals surface area contributed by atoms with E-state index < -0.39 is 31.4 Å². The fourth-order valence-electron chi connectivity index (χ4n) is 4.54. The minimum atomic E-state index is -4.34. The van der Waals surface area contributed by atoms with Crippen LogP contribution < -0.4 is 4.90 Å². The Balaban J connectivity index is 2.30. The first kappa shape index (κ1) is 25.1. The van der Waals surface area contributed by atoms with Gasteiger partial charge in [-0.05, 0) is 36.1 Å². The molecule has 0 spiro atoms. The van der Waals surface area contributed by atoms with E-state index in [0.29, 0.717) is 5.92 Å². The summed E-state index contributed by atoms with van der Waals surface area (Å²) in [6.07, 6.45) is 6.45. The molecule has 1 heterocycles. The van der Waals surface area contributed by atoms with Crippen LogP contribution in [0, 0.1) is 5.92 Å². The Hall–Kier alpha value is -1.16. The highest BCUT2D eigenvalue weighted by Crippen LogP contribution is 2.47. The zero-order chi connectivity index (χ0) is 22.7. The van der Waals surface area contributed by atoms with E-state index >= 15 is 0 Å². The number of unbranched alkanes of at least 4 members (excludes halogenated alkanes) is 1. The first-order chi connectivity index (χ1) is 13.8. The number of anilines is 1. The Kier molecular flexibility index (Phi) is 7.99. The Morgan fingerprint density at radius 3 is 2.30 bits per heavy atom. The van der Waals surface area contributed by atoms with E-state index in [-0.39, 0.29) is 17.5 Å². The number of nitrogens with zero attached hydrogens (tertiary/aromatic N) is 1. The highest BCUT2D eigenvalue weighted by Gasteiger charge is 2.44. The van der Waals surface area contributed by atoms with Gasteiger partial charge < -0.3 is 4.90 Å². The summed E-state index contributed by atoms with van der Waals surface area (Å²) in [7, 11) is -8.46. The lowest BCUT2D eigenvalue weighted by atomic mass is 9.78. The molecule has 1 aromatic rings. The molecule has 2 N–H and O–H groups in total. The van der Waals surface area contributed by atoms with Crippen LogP contribution in [0.25, 0.3) is 0 Å². The number of hydrogen-bond acceptors (Lipinski definition) is 5. The summed E-state index contributed by atoms with van der Waals surface area (Å²) in [5.41, 5.74) is 1.07. The Bertz CT molecular complexity index is 940. The van der Waals surface area contributed by atoms with Crippen molar-refractivity contribution in [2.24, 2.45) is 5.92 Å². The lowest BCUT2D eigenvalue weighted by Crippen LogP contribution is -2.43. The molecule has 2 unspecified atom stereocenters. The fourth-order valence-corrected chi connectivity index (χ4v) is 5.48. The van der Waals surface area contributed by atoms with E-state index in [1.54, 1.807) is 6.07 Å². The van der Waals surface area contributed by atoms with Gasteiger partial charge in [0.05, 0.1) is 10.6 Å². The summed E-state index contributed by atoms with van der Waals surface area (Å²) in [5, 5.41) is 0. The van der Waals surface area contributed by atoms with Crippen LogP contribution in [-0.2, 0) is 25.7 Å². The Morgan fingerprint density at radius 2 is 1.73 bits per heavy atom. The van der Waals surface area contributed by atoms with Crippen molar-refractivity contribution in [1.29, 1.82) is 0 Å². The van der Waals surface area contributed by atoms with Crippen molar-refractivity contribution in [2.45, 2.75) is 82.6 Å². The molecule has 0 saturated heterocycles. The van der Waals surface area contributed by atoms with Crippen LogP contribution in [0.3, 0.4) is 0 Å². The third-order valence-electron chi connectivity index (χ3n) is 6.29. The average molecular weight is 462 g/mol. The van der Waals surface area contributed by atoms with Gasteiger partial charge in [-0.25, -0.2) is 0 Å². The zero-order valence-corrected chi connectivity index (χ0v) is 20.0. The van der Waals surface area contributed by atoms with Gasteiger partial charge in [0.1, 0.15) is 0 Å². The summed E-state index contributed by atoms with van der Waals surface area (Å²) < 4.78 is 64.7. The summed E-state index contributed by atoms with van der Waals surface area (Å²) >= 11 is 0. The average Bonchev–Trinajstić information content (AvgIpc) is 2.83. The number of rotatable bonds is 11. The molecule has 1 aromatic carbocycles. The van der Waals surface area contributed by atoms with Crippen LogP contribution >= 0.6 is 0 Å². The van der Waals surface area contributed by atoms with Crippen molar-refractivity contribution in [3.8, 4) is 0 Å². The standard InChI is InChI=1S/C21H35NO6S2/c1-5-6-8-16(2)9-7-10-20-21(3,4)18-15-17(30(26,27)28)11-12-19(18)22(20)13-14-29(23,24)25/h11-12,15-16,20H,5-10,13-14H2,1-4H3,(H,23,24,25)(H,26,27,28). The molecule has 0 radical (unpaired) electrons. The van der Waals surface area contributed by atoms with Crippen LogP contribution in [0.5, 0.6) is 0 Å². The maximum atomic E-state index is 11.6. The SMILES string of the molecule is CCCCC(C)CCCC1N(CCS(=O)(=O)O)c2ccc(S(=O)(=O)O)cc2C1(C)C. The topological polar surface area (TPSA) is 112 Å². The van der Waals surface area contributed by atoms with Gasteiger partial charge in [-0.1, -0.05) is 59.8 Å². The molecule has 0 amide bonds. The molecular formula is C21H35NO6S2. The van der Waals surface area contributed by atoms with Gasteiger partial charge >= 0.3 is 0 Å². The van der Waals surface area contributed by atoms with Crippen molar-refractivity contribution < 1.29 is 25.9 Å². The summed E-state index contributed by atoms with van der Waals surface area (Å²) in [5.74, 6) is 0.223. The highest BCUT2D eigenvalue weighted by atomic mass is 32.2.